The second-order valence-corrected chi connectivity index (χ2v) is 5.06. The van der Waals surface area contributed by atoms with Gasteiger partial charge in [0.1, 0.15) is 6.54 Å². The average Bonchev–Trinajstić information content (AvgIpc) is 2.54. The van der Waals surface area contributed by atoms with E-state index in [4.69, 9.17) is 0 Å². The van der Waals surface area contributed by atoms with Gasteiger partial charge in [0.15, 0.2) is 5.96 Å². The fraction of sp³-hybridized carbons (Fsp3) is 0.529. The summed E-state index contributed by atoms with van der Waals surface area (Å²) in [5.41, 5.74) is 1.22. The van der Waals surface area contributed by atoms with E-state index in [2.05, 4.69) is 40.0 Å². The molecule has 1 aromatic carbocycles. The van der Waals surface area contributed by atoms with Gasteiger partial charge >= 0.3 is 0 Å². The molecule has 130 valence electrons. The summed E-state index contributed by atoms with van der Waals surface area (Å²) in [6, 6.07) is 10.1. The van der Waals surface area contributed by atoms with Crippen LogP contribution in [0.15, 0.2) is 35.3 Å². The predicted molar refractivity (Wildman–Crippen MR) is 107 cm³/mol. The zero-order chi connectivity index (χ0) is 16.0. The average molecular weight is 432 g/mol. The first-order valence-corrected chi connectivity index (χ1v) is 8.09. The van der Waals surface area contributed by atoms with Crippen LogP contribution in [0.25, 0.3) is 0 Å². The lowest BCUT2D eigenvalue weighted by molar-refractivity contribution is -0.119. The van der Waals surface area contributed by atoms with E-state index in [1.807, 2.05) is 25.1 Å². The van der Waals surface area contributed by atoms with Crippen molar-refractivity contribution in [1.82, 2.24) is 16.0 Å². The molecule has 0 saturated carbocycles. The molecule has 0 aliphatic carbocycles. The lowest BCUT2D eigenvalue weighted by Gasteiger charge is -2.10. The molecule has 23 heavy (non-hydrogen) atoms. The second kappa shape index (κ2) is 14.3. The van der Waals surface area contributed by atoms with E-state index < -0.39 is 0 Å². The third kappa shape index (κ3) is 11.0. The first-order valence-electron chi connectivity index (χ1n) is 8.09. The number of carbonyl (C=O) groups is 1. The Morgan fingerprint density at radius 3 is 2.43 bits per heavy atom. The van der Waals surface area contributed by atoms with E-state index in [-0.39, 0.29) is 36.4 Å². The van der Waals surface area contributed by atoms with Gasteiger partial charge in [-0.1, -0.05) is 43.7 Å². The summed E-state index contributed by atoms with van der Waals surface area (Å²) in [6.45, 7) is 6.60. The van der Waals surface area contributed by atoms with Crippen molar-refractivity contribution in [2.24, 2.45) is 4.99 Å². The third-order valence-corrected chi connectivity index (χ3v) is 3.13. The van der Waals surface area contributed by atoms with Crippen LogP contribution in [0, 0.1) is 0 Å². The van der Waals surface area contributed by atoms with Crippen LogP contribution < -0.4 is 16.0 Å². The summed E-state index contributed by atoms with van der Waals surface area (Å²) >= 11 is 0. The Hall–Kier alpha value is -1.31. The largest absolute Gasteiger partial charge is 0.357 e. The quantitative estimate of drug-likeness (QED) is 0.243. The van der Waals surface area contributed by atoms with Gasteiger partial charge in [-0.25, -0.2) is 4.99 Å². The van der Waals surface area contributed by atoms with Gasteiger partial charge in [-0.15, -0.1) is 24.0 Å². The van der Waals surface area contributed by atoms with Gasteiger partial charge in [0.25, 0.3) is 0 Å². The maximum absolute atomic E-state index is 11.8. The highest BCUT2D eigenvalue weighted by Gasteiger charge is 2.01. The number of unbranched alkanes of at least 4 members (excludes halogenated alkanes) is 1. The van der Waals surface area contributed by atoms with Crippen molar-refractivity contribution in [3.63, 3.8) is 0 Å². The SMILES string of the molecule is CCCCNC(=NCC(=O)NCCc1ccccc1)NCC.I. The molecule has 0 aromatic heterocycles. The molecule has 0 fully saturated rings. The van der Waals surface area contributed by atoms with Gasteiger partial charge in [-0.05, 0) is 25.3 Å². The van der Waals surface area contributed by atoms with Crippen LogP contribution in [-0.4, -0.2) is 38.0 Å². The van der Waals surface area contributed by atoms with Crippen molar-refractivity contribution in [2.75, 3.05) is 26.2 Å². The molecule has 0 unspecified atom stereocenters. The zero-order valence-corrected chi connectivity index (χ0v) is 16.4. The smallest absolute Gasteiger partial charge is 0.241 e. The highest BCUT2D eigenvalue weighted by Crippen LogP contribution is 1.97. The zero-order valence-electron chi connectivity index (χ0n) is 14.1. The van der Waals surface area contributed by atoms with Crippen LogP contribution in [0.5, 0.6) is 0 Å². The molecule has 0 aliphatic heterocycles. The molecule has 1 amide bonds. The Kier molecular flexibility index (Phi) is 13.5. The molecule has 1 aromatic rings. The van der Waals surface area contributed by atoms with E-state index in [0.29, 0.717) is 12.5 Å². The normalized spacial score (nSPS) is 10.6. The van der Waals surface area contributed by atoms with Crippen molar-refractivity contribution in [2.45, 2.75) is 33.1 Å². The van der Waals surface area contributed by atoms with E-state index >= 15 is 0 Å². The Morgan fingerprint density at radius 1 is 1.04 bits per heavy atom. The van der Waals surface area contributed by atoms with Crippen molar-refractivity contribution in [3.05, 3.63) is 35.9 Å². The van der Waals surface area contributed by atoms with Gasteiger partial charge in [0.2, 0.25) is 5.91 Å². The number of benzene rings is 1. The number of halogens is 1. The first kappa shape index (κ1) is 21.7. The van der Waals surface area contributed by atoms with Crippen LogP contribution in [-0.2, 0) is 11.2 Å². The van der Waals surface area contributed by atoms with Crippen molar-refractivity contribution < 1.29 is 4.79 Å². The van der Waals surface area contributed by atoms with Gasteiger partial charge in [0, 0.05) is 19.6 Å². The molecule has 1 rings (SSSR count). The summed E-state index contributed by atoms with van der Waals surface area (Å²) in [4.78, 5) is 16.1. The van der Waals surface area contributed by atoms with Gasteiger partial charge in [-0.3, -0.25) is 4.79 Å². The summed E-state index contributed by atoms with van der Waals surface area (Å²) in [7, 11) is 0. The van der Waals surface area contributed by atoms with Crippen LogP contribution in [0.3, 0.4) is 0 Å². The molecule has 0 bridgehead atoms. The number of hydrogen-bond acceptors (Lipinski definition) is 2. The maximum atomic E-state index is 11.8. The second-order valence-electron chi connectivity index (χ2n) is 5.06. The maximum Gasteiger partial charge on any atom is 0.241 e. The van der Waals surface area contributed by atoms with Crippen LogP contribution in [0.2, 0.25) is 0 Å². The molecule has 5 nitrogen and oxygen atoms in total. The van der Waals surface area contributed by atoms with Crippen molar-refractivity contribution in [3.8, 4) is 0 Å². The highest BCUT2D eigenvalue weighted by atomic mass is 127. The number of carbonyl (C=O) groups excluding carboxylic acids is 1. The van der Waals surface area contributed by atoms with Gasteiger partial charge < -0.3 is 16.0 Å². The topological polar surface area (TPSA) is 65.5 Å². The number of guanidine groups is 1. The minimum atomic E-state index is -0.0522. The molecular formula is C17H29IN4O. The number of nitrogens with one attached hydrogen (secondary N) is 3. The summed E-state index contributed by atoms with van der Waals surface area (Å²) in [5, 5.41) is 9.25. The van der Waals surface area contributed by atoms with Crippen molar-refractivity contribution >= 4 is 35.8 Å². The molecule has 0 radical (unpaired) electrons. The Bertz CT molecular complexity index is 451. The lowest BCUT2D eigenvalue weighted by atomic mass is 10.1. The summed E-state index contributed by atoms with van der Waals surface area (Å²) < 4.78 is 0. The number of amides is 1. The molecule has 0 atom stereocenters. The molecule has 0 heterocycles. The minimum Gasteiger partial charge on any atom is -0.357 e. The lowest BCUT2D eigenvalue weighted by Crippen LogP contribution is -2.39. The molecular weight excluding hydrogens is 403 g/mol. The molecule has 0 spiro atoms. The molecule has 6 heteroatoms. The highest BCUT2D eigenvalue weighted by molar-refractivity contribution is 14.0. The summed E-state index contributed by atoms with van der Waals surface area (Å²) in [5.74, 6) is 0.651. The fourth-order valence-electron chi connectivity index (χ4n) is 1.92. The third-order valence-electron chi connectivity index (χ3n) is 3.13. The molecule has 0 saturated heterocycles. The van der Waals surface area contributed by atoms with Gasteiger partial charge in [-0.2, -0.15) is 0 Å². The van der Waals surface area contributed by atoms with Crippen LogP contribution in [0.4, 0.5) is 0 Å². The van der Waals surface area contributed by atoms with E-state index in [1.165, 1.54) is 5.56 Å². The standard InChI is InChI=1S/C17H28N4O.HI/c1-3-5-12-20-17(18-4-2)21-14-16(22)19-13-11-15-9-7-6-8-10-15;/h6-10H,3-5,11-14H2,1-2H3,(H,19,22)(H2,18,20,21);1H. The monoisotopic (exact) mass is 432 g/mol. The van der Waals surface area contributed by atoms with E-state index in [1.54, 1.807) is 0 Å². The first-order chi connectivity index (χ1) is 10.8. The Morgan fingerprint density at radius 2 is 1.78 bits per heavy atom. The molecule has 0 aliphatic rings. The number of rotatable bonds is 9. The number of nitrogens with zero attached hydrogens (tertiary/aromatic N) is 1. The van der Waals surface area contributed by atoms with Gasteiger partial charge in [0.05, 0.1) is 0 Å². The van der Waals surface area contributed by atoms with E-state index in [0.717, 1.165) is 32.4 Å². The summed E-state index contributed by atoms with van der Waals surface area (Å²) in [6.07, 6.45) is 3.06. The van der Waals surface area contributed by atoms with Crippen LogP contribution in [0.1, 0.15) is 32.3 Å². The number of hydrogen-bond donors (Lipinski definition) is 3. The Balaban J connectivity index is 0.00000484. The Labute approximate surface area is 156 Å². The van der Waals surface area contributed by atoms with Crippen molar-refractivity contribution in [1.29, 1.82) is 0 Å². The molecule has 3 N–H and O–H groups in total. The fourth-order valence-corrected chi connectivity index (χ4v) is 1.92. The minimum absolute atomic E-state index is 0. The predicted octanol–water partition coefficient (Wildman–Crippen LogP) is 2.32. The number of aliphatic imine (C=N–C) groups is 1. The van der Waals surface area contributed by atoms with E-state index in [9.17, 15) is 4.79 Å². The van der Waals surface area contributed by atoms with Crippen LogP contribution >= 0.6 is 24.0 Å².